The summed E-state index contributed by atoms with van der Waals surface area (Å²) in [7, 11) is 0. The molecule has 0 heterocycles. The summed E-state index contributed by atoms with van der Waals surface area (Å²) in [6, 6.07) is 6.59. The van der Waals surface area contributed by atoms with Crippen molar-refractivity contribution in [2.45, 2.75) is 18.7 Å². The number of nitrogens with one attached hydrogen (secondary N) is 1. The number of alkyl carbamates (subject to hydrolysis) is 1. The summed E-state index contributed by atoms with van der Waals surface area (Å²) in [6.45, 7) is 2.57. The molecule has 1 aromatic carbocycles. The maximum Gasteiger partial charge on any atom is 0.413 e. The fourth-order valence-corrected chi connectivity index (χ4v) is 2.31. The Balaban J connectivity index is 2.59. The van der Waals surface area contributed by atoms with Crippen LogP contribution in [0.2, 0.25) is 0 Å². The highest BCUT2D eigenvalue weighted by molar-refractivity contribution is 8.00. The number of Topliss-reactive ketones (excluding diaryl/α,β-unsaturated/α-hetero) is 1. The third-order valence-corrected chi connectivity index (χ3v) is 3.61. The second-order valence-electron chi connectivity index (χ2n) is 4.33. The van der Waals surface area contributed by atoms with Gasteiger partial charge in [0.25, 0.3) is 5.91 Å². The number of rotatable bonds is 7. The van der Waals surface area contributed by atoms with E-state index in [-0.39, 0.29) is 23.7 Å². The van der Waals surface area contributed by atoms with Gasteiger partial charge in [-0.25, -0.2) is 9.59 Å². The molecule has 0 bridgehead atoms. The summed E-state index contributed by atoms with van der Waals surface area (Å²) < 4.78 is 9.39. The van der Waals surface area contributed by atoms with Gasteiger partial charge in [0.15, 0.2) is 6.61 Å². The Labute approximate surface area is 137 Å². The van der Waals surface area contributed by atoms with E-state index in [0.717, 1.165) is 0 Å². The number of hydrogen-bond acceptors (Lipinski definition) is 7. The lowest BCUT2D eigenvalue weighted by molar-refractivity contribution is -0.123. The molecule has 1 aromatic rings. The molecule has 1 N–H and O–H groups in total. The summed E-state index contributed by atoms with van der Waals surface area (Å²) in [5.41, 5.74) is 0.252. The van der Waals surface area contributed by atoms with E-state index in [9.17, 15) is 19.2 Å². The molecule has 0 fully saturated rings. The maximum atomic E-state index is 12.0. The van der Waals surface area contributed by atoms with Gasteiger partial charge in [-0.15, -0.1) is 11.8 Å². The van der Waals surface area contributed by atoms with Crippen LogP contribution in [0.3, 0.4) is 0 Å². The van der Waals surface area contributed by atoms with Crippen molar-refractivity contribution in [1.29, 1.82) is 0 Å². The lowest BCUT2D eigenvalue weighted by Gasteiger charge is -2.09. The van der Waals surface area contributed by atoms with Gasteiger partial charge in [0.2, 0.25) is 0 Å². The number of amides is 2. The van der Waals surface area contributed by atoms with Crippen LogP contribution in [-0.2, 0) is 19.1 Å². The van der Waals surface area contributed by atoms with Crippen molar-refractivity contribution in [2.75, 3.05) is 19.0 Å². The van der Waals surface area contributed by atoms with Crippen LogP contribution in [0.4, 0.5) is 4.79 Å². The number of ether oxygens (including phenoxy) is 2. The number of benzene rings is 1. The van der Waals surface area contributed by atoms with E-state index < -0.39 is 24.6 Å². The zero-order valence-corrected chi connectivity index (χ0v) is 13.6. The molecule has 0 aromatic heterocycles. The molecular formula is C15H17NO6S. The Morgan fingerprint density at radius 3 is 2.48 bits per heavy atom. The summed E-state index contributed by atoms with van der Waals surface area (Å²) in [6.07, 6.45) is -0.897. The minimum Gasteiger partial charge on any atom is -0.452 e. The Hall–Kier alpha value is -2.35. The molecule has 0 radical (unpaired) electrons. The first kappa shape index (κ1) is 18.7. The van der Waals surface area contributed by atoms with Gasteiger partial charge in [-0.05, 0) is 26.0 Å². The summed E-state index contributed by atoms with van der Waals surface area (Å²) >= 11 is 1.21. The fourth-order valence-electron chi connectivity index (χ4n) is 1.47. The first-order valence-electron chi connectivity index (χ1n) is 6.79. The van der Waals surface area contributed by atoms with E-state index in [4.69, 9.17) is 4.74 Å². The van der Waals surface area contributed by atoms with Crippen LogP contribution in [0, 0.1) is 0 Å². The highest BCUT2D eigenvalue weighted by Crippen LogP contribution is 2.23. The summed E-state index contributed by atoms with van der Waals surface area (Å²) in [5.74, 6) is -1.29. The molecule has 7 nitrogen and oxygen atoms in total. The number of thioether (sulfide) groups is 1. The minimum absolute atomic E-state index is 0.0213. The Morgan fingerprint density at radius 2 is 1.83 bits per heavy atom. The van der Waals surface area contributed by atoms with Gasteiger partial charge in [-0.2, -0.15) is 0 Å². The standard InChI is InChI=1S/C15H17NO6S/c1-3-21-15(20)16-13(18)8-22-14(19)11-6-4-5-7-12(11)23-9-10(2)17/h4-7H,3,8-9H2,1-2H3,(H,16,18,20). The molecule has 124 valence electrons. The fraction of sp³-hybridized carbons (Fsp3) is 0.333. The third-order valence-electron chi connectivity index (χ3n) is 2.39. The first-order valence-corrected chi connectivity index (χ1v) is 7.77. The number of carbonyl (C=O) groups excluding carboxylic acids is 4. The van der Waals surface area contributed by atoms with Gasteiger partial charge in [-0.1, -0.05) is 12.1 Å². The zero-order chi connectivity index (χ0) is 17.2. The van der Waals surface area contributed by atoms with Crippen LogP contribution in [0.1, 0.15) is 24.2 Å². The Morgan fingerprint density at radius 1 is 1.13 bits per heavy atom. The number of ketones is 1. The van der Waals surface area contributed by atoms with Gasteiger partial charge >= 0.3 is 12.1 Å². The van der Waals surface area contributed by atoms with Gasteiger partial charge in [0, 0.05) is 4.90 Å². The van der Waals surface area contributed by atoms with Crippen molar-refractivity contribution in [1.82, 2.24) is 5.32 Å². The molecule has 0 saturated heterocycles. The largest absolute Gasteiger partial charge is 0.452 e. The van der Waals surface area contributed by atoms with Gasteiger partial charge < -0.3 is 9.47 Å². The highest BCUT2D eigenvalue weighted by atomic mass is 32.2. The summed E-state index contributed by atoms with van der Waals surface area (Å²) in [4.78, 5) is 46.1. The number of carbonyl (C=O) groups is 4. The Bertz CT molecular complexity index is 601. The van der Waals surface area contributed by atoms with Crippen LogP contribution < -0.4 is 5.32 Å². The zero-order valence-electron chi connectivity index (χ0n) is 12.8. The smallest absolute Gasteiger partial charge is 0.413 e. The Kier molecular flexibility index (Phi) is 7.82. The van der Waals surface area contributed by atoms with Crippen molar-refractivity contribution >= 4 is 35.5 Å². The molecule has 2 amide bonds. The first-order chi connectivity index (χ1) is 10.9. The average molecular weight is 339 g/mol. The molecule has 0 aliphatic heterocycles. The predicted molar refractivity (Wildman–Crippen MR) is 83.3 cm³/mol. The monoisotopic (exact) mass is 339 g/mol. The van der Waals surface area contributed by atoms with E-state index in [0.29, 0.717) is 4.90 Å². The molecule has 8 heteroatoms. The van der Waals surface area contributed by atoms with Crippen LogP contribution in [-0.4, -0.2) is 42.7 Å². The molecule has 0 atom stereocenters. The number of imide groups is 1. The topological polar surface area (TPSA) is 98.8 Å². The van der Waals surface area contributed by atoms with Crippen molar-refractivity contribution in [3.05, 3.63) is 29.8 Å². The normalized spacial score (nSPS) is 9.83. The third kappa shape index (κ3) is 6.96. The molecule has 0 aliphatic carbocycles. The second-order valence-corrected chi connectivity index (χ2v) is 5.35. The second kappa shape index (κ2) is 9.62. The predicted octanol–water partition coefficient (Wildman–Crippen LogP) is 1.80. The molecule has 0 aliphatic rings. The lowest BCUT2D eigenvalue weighted by atomic mass is 10.2. The lowest BCUT2D eigenvalue weighted by Crippen LogP contribution is -2.34. The number of hydrogen-bond donors (Lipinski definition) is 1. The van der Waals surface area contributed by atoms with Crippen LogP contribution in [0.15, 0.2) is 29.2 Å². The van der Waals surface area contributed by atoms with Crippen LogP contribution >= 0.6 is 11.8 Å². The van der Waals surface area contributed by atoms with Gasteiger partial charge in [0.05, 0.1) is 17.9 Å². The van der Waals surface area contributed by atoms with E-state index >= 15 is 0 Å². The van der Waals surface area contributed by atoms with E-state index in [1.54, 1.807) is 25.1 Å². The number of esters is 1. The van der Waals surface area contributed by atoms with E-state index in [1.807, 2.05) is 5.32 Å². The molecule has 1 rings (SSSR count). The van der Waals surface area contributed by atoms with Crippen molar-refractivity contribution in [3.63, 3.8) is 0 Å². The van der Waals surface area contributed by atoms with Gasteiger partial charge in [0.1, 0.15) is 5.78 Å². The maximum absolute atomic E-state index is 12.0. The molecular weight excluding hydrogens is 322 g/mol. The van der Waals surface area contributed by atoms with Crippen LogP contribution in [0.5, 0.6) is 0 Å². The van der Waals surface area contributed by atoms with Crippen molar-refractivity contribution in [3.8, 4) is 0 Å². The minimum atomic E-state index is -0.897. The van der Waals surface area contributed by atoms with E-state index in [1.165, 1.54) is 24.8 Å². The van der Waals surface area contributed by atoms with Crippen molar-refractivity contribution < 1.29 is 28.7 Å². The van der Waals surface area contributed by atoms with Crippen LogP contribution in [0.25, 0.3) is 0 Å². The average Bonchev–Trinajstić information content (AvgIpc) is 2.51. The van der Waals surface area contributed by atoms with Crippen molar-refractivity contribution in [2.24, 2.45) is 0 Å². The highest BCUT2D eigenvalue weighted by Gasteiger charge is 2.16. The van der Waals surface area contributed by atoms with E-state index in [2.05, 4.69) is 4.74 Å². The SMILES string of the molecule is CCOC(=O)NC(=O)COC(=O)c1ccccc1SCC(C)=O. The molecule has 0 spiro atoms. The quantitative estimate of drug-likeness (QED) is 0.597. The molecule has 23 heavy (non-hydrogen) atoms. The molecule has 0 unspecified atom stereocenters. The molecule has 0 saturated carbocycles. The van der Waals surface area contributed by atoms with Gasteiger partial charge in [-0.3, -0.25) is 14.9 Å². The summed E-state index contributed by atoms with van der Waals surface area (Å²) in [5, 5.41) is 1.92.